The molecule has 11 heteroatoms. The first-order chi connectivity index (χ1) is 13.5. The normalized spacial score (nSPS) is 10.2. The highest BCUT2D eigenvalue weighted by molar-refractivity contribution is 9.10. The van der Waals surface area contributed by atoms with Gasteiger partial charge in [-0.3, -0.25) is 35.2 Å². The van der Waals surface area contributed by atoms with Gasteiger partial charge in [0.2, 0.25) is 0 Å². The number of H-pyrrole nitrogens is 1. The van der Waals surface area contributed by atoms with E-state index in [9.17, 15) is 20.2 Å². The number of pyridine rings is 3. The zero-order valence-electron chi connectivity index (χ0n) is 14.0. The zero-order chi connectivity index (χ0) is 20.1. The smallest absolute Gasteiger partial charge is 0.286 e. The maximum atomic E-state index is 11.0. The maximum absolute atomic E-state index is 11.0. The average Bonchev–Trinajstić information content (AvgIpc) is 3.17. The molecule has 0 saturated carbocycles. The van der Waals surface area contributed by atoms with E-state index in [4.69, 9.17) is 0 Å². The van der Waals surface area contributed by atoms with Gasteiger partial charge in [0.25, 0.3) is 11.4 Å². The van der Waals surface area contributed by atoms with Crippen LogP contribution in [0, 0.1) is 20.2 Å². The van der Waals surface area contributed by atoms with Gasteiger partial charge in [-0.05, 0) is 22.0 Å². The maximum Gasteiger partial charge on any atom is 0.286 e. The lowest BCUT2D eigenvalue weighted by molar-refractivity contribution is -0.385. The topological polar surface area (TPSA) is 141 Å². The number of nitrogens with zero attached hydrogens (tertiary/aromatic N) is 5. The molecule has 0 radical (unpaired) electrons. The summed E-state index contributed by atoms with van der Waals surface area (Å²) in [4.78, 5) is 35.1. The SMILES string of the molecule is O=[N+]([O-])c1ccncc1-c1cncc2cc[nH]c12.O=[N+]([O-])c1ccncc1Br. The Kier molecular flexibility index (Phi) is 5.65. The zero-order valence-corrected chi connectivity index (χ0v) is 15.6. The van der Waals surface area contributed by atoms with Crippen molar-refractivity contribution in [2.45, 2.75) is 0 Å². The van der Waals surface area contributed by atoms with Crippen molar-refractivity contribution in [3.05, 3.63) is 86.3 Å². The van der Waals surface area contributed by atoms with Crippen molar-refractivity contribution in [2.24, 2.45) is 0 Å². The first-order valence-corrected chi connectivity index (χ1v) is 8.52. The Morgan fingerprint density at radius 3 is 2.11 bits per heavy atom. The molecule has 0 amide bonds. The highest BCUT2D eigenvalue weighted by Crippen LogP contribution is 2.32. The number of aromatic amines is 1. The number of rotatable bonds is 3. The lowest BCUT2D eigenvalue weighted by Gasteiger charge is -2.03. The highest BCUT2D eigenvalue weighted by atomic mass is 79.9. The Labute approximate surface area is 165 Å². The predicted octanol–water partition coefficient (Wildman–Crippen LogP) is 4.29. The average molecular weight is 443 g/mol. The molecule has 0 aliphatic heterocycles. The van der Waals surface area contributed by atoms with Crippen molar-refractivity contribution in [3.8, 4) is 11.1 Å². The summed E-state index contributed by atoms with van der Waals surface area (Å²) in [5.74, 6) is 0. The number of halogens is 1. The van der Waals surface area contributed by atoms with E-state index >= 15 is 0 Å². The Bertz CT molecular complexity index is 1160. The van der Waals surface area contributed by atoms with Crippen LogP contribution in [0.15, 0.2) is 66.0 Å². The van der Waals surface area contributed by atoms with E-state index in [2.05, 4.69) is 35.9 Å². The Hall–Kier alpha value is -3.73. The van der Waals surface area contributed by atoms with E-state index in [1.165, 1.54) is 36.9 Å². The van der Waals surface area contributed by atoms with Gasteiger partial charge in [-0.15, -0.1) is 0 Å². The van der Waals surface area contributed by atoms with Gasteiger partial charge in [-0.2, -0.15) is 0 Å². The van der Waals surface area contributed by atoms with Crippen molar-refractivity contribution in [1.82, 2.24) is 19.9 Å². The minimum atomic E-state index is -0.467. The van der Waals surface area contributed by atoms with E-state index in [0.717, 1.165) is 10.9 Å². The van der Waals surface area contributed by atoms with E-state index < -0.39 is 9.85 Å². The van der Waals surface area contributed by atoms with Crippen molar-refractivity contribution >= 4 is 38.2 Å². The van der Waals surface area contributed by atoms with Crippen LogP contribution in [0.3, 0.4) is 0 Å². The van der Waals surface area contributed by atoms with E-state index in [1.54, 1.807) is 18.6 Å². The van der Waals surface area contributed by atoms with Crippen LogP contribution in [0.1, 0.15) is 0 Å². The predicted molar refractivity (Wildman–Crippen MR) is 105 cm³/mol. The molecule has 0 aliphatic rings. The fraction of sp³-hybridized carbons (Fsp3) is 0. The Morgan fingerprint density at radius 2 is 1.46 bits per heavy atom. The molecule has 10 nitrogen and oxygen atoms in total. The van der Waals surface area contributed by atoms with Gasteiger partial charge in [0.05, 0.1) is 20.9 Å². The molecule has 4 aromatic heterocycles. The van der Waals surface area contributed by atoms with Gasteiger partial charge in [-0.25, -0.2) is 0 Å². The number of nitro groups is 2. The van der Waals surface area contributed by atoms with Crippen LogP contribution in [0.5, 0.6) is 0 Å². The van der Waals surface area contributed by atoms with Crippen LogP contribution in [0.25, 0.3) is 22.0 Å². The van der Waals surface area contributed by atoms with E-state index in [1.807, 2.05) is 6.07 Å². The third-order valence-electron chi connectivity index (χ3n) is 3.70. The van der Waals surface area contributed by atoms with Crippen molar-refractivity contribution < 1.29 is 9.85 Å². The van der Waals surface area contributed by atoms with E-state index in [0.29, 0.717) is 15.6 Å². The first kappa shape index (κ1) is 19.0. The summed E-state index contributed by atoms with van der Waals surface area (Å²) in [6, 6.07) is 4.59. The van der Waals surface area contributed by atoms with Gasteiger partial charge in [0.15, 0.2) is 0 Å². The molecule has 0 aromatic carbocycles. The number of fused-ring (bicyclic) bond motifs is 1. The van der Waals surface area contributed by atoms with Crippen LogP contribution >= 0.6 is 15.9 Å². The van der Waals surface area contributed by atoms with Gasteiger partial charge >= 0.3 is 0 Å². The van der Waals surface area contributed by atoms with E-state index in [-0.39, 0.29) is 11.4 Å². The lowest BCUT2D eigenvalue weighted by atomic mass is 10.1. The molecule has 140 valence electrons. The monoisotopic (exact) mass is 442 g/mol. The summed E-state index contributed by atoms with van der Waals surface area (Å²) >= 11 is 2.99. The molecule has 0 bridgehead atoms. The Balaban J connectivity index is 0.000000192. The second-order valence-electron chi connectivity index (χ2n) is 5.36. The van der Waals surface area contributed by atoms with Gasteiger partial charge in [0, 0.05) is 66.5 Å². The molecular formula is C17H11BrN6O4. The largest absolute Gasteiger partial charge is 0.361 e. The fourth-order valence-electron chi connectivity index (χ4n) is 2.45. The third kappa shape index (κ3) is 3.99. The molecule has 0 atom stereocenters. The number of nitrogens with one attached hydrogen (secondary N) is 1. The molecule has 0 unspecified atom stereocenters. The molecule has 4 rings (SSSR count). The van der Waals surface area contributed by atoms with Crippen LogP contribution in [0.4, 0.5) is 11.4 Å². The van der Waals surface area contributed by atoms with Crippen molar-refractivity contribution in [3.63, 3.8) is 0 Å². The summed E-state index contributed by atoms with van der Waals surface area (Å²) in [6.07, 6.45) is 10.7. The third-order valence-corrected chi connectivity index (χ3v) is 4.31. The fourth-order valence-corrected chi connectivity index (χ4v) is 2.85. The number of aromatic nitrogens is 4. The van der Waals surface area contributed by atoms with Gasteiger partial charge < -0.3 is 4.98 Å². The lowest BCUT2D eigenvalue weighted by Crippen LogP contribution is -1.93. The second-order valence-corrected chi connectivity index (χ2v) is 6.22. The molecule has 0 fully saturated rings. The molecule has 0 spiro atoms. The van der Waals surface area contributed by atoms with Crippen LogP contribution in [-0.2, 0) is 0 Å². The number of hydrogen-bond acceptors (Lipinski definition) is 7. The summed E-state index contributed by atoms with van der Waals surface area (Å²) in [7, 11) is 0. The summed E-state index contributed by atoms with van der Waals surface area (Å²) < 4.78 is 0.403. The second kappa shape index (κ2) is 8.31. The van der Waals surface area contributed by atoms with Crippen LogP contribution in [-0.4, -0.2) is 29.8 Å². The summed E-state index contributed by atoms with van der Waals surface area (Å²) in [5, 5.41) is 22.1. The molecule has 4 heterocycles. The van der Waals surface area contributed by atoms with Gasteiger partial charge in [-0.1, -0.05) is 0 Å². The van der Waals surface area contributed by atoms with Crippen molar-refractivity contribution in [2.75, 3.05) is 0 Å². The Morgan fingerprint density at radius 1 is 0.821 bits per heavy atom. The van der Waals surface area contributed by atoms with Gasteiger partial charge in [0.1, 0.15) is 4.47 Å². The quantitative estimate of drug-likeness (QED) is 0.368. The number of hydrogen-bond donors (Lipinski definition) is 1. The summed E-state index contributed by atoms with van der Waals surface area (Å²) in [6.45, 7) is 0. The highest BCUT2D eigenvalue weighted by Gasteiger charge is 2.17. The summed E-state index contributed by atoms with van der Waals surface area (Å²) in [5.41, 5.74) is 2.02. The molecule has 4 aromatic rings. The molecule has 0 aliphatic carbocycles. The van der Waals surface area contributed by atoms with Crippen molar-refractivity contribution in [1.29, 1.82) is 0 Å². The van der Waals surface area contributed by atoms with Crippen LogP contribution < -0.4 is 0 Å². The first-order valence-electron chi connectivity index (χ1n) is 7.73. The molecular weight excluding hydrogens is 432 g/mol. The molecule has 1 N–H and O–H groups in total. The minimum absolute atomic E-state index is 0.0221. The standard InChI is InChI=1S/C12H8N4O2.C5H3BrN2O2/c17-16(18)11-2-3-13-6-9(11)10-7-14-5-8-1-4-15-12(8)10;6-4-3-7-2-1-5(4)8(9)10/h1-7,15H;1-3H. The van der Waals surface area contributed by atoms with Crippen LogP contribution in [0.2, 0.25) is 0 Å². The molecule has 0 saturated heterocycles. The minimum Gasteiger partial charge on any atom is -0.361 e. The molecule has 28 heavy (non-hydrogen) atoms.